The van der Waals surface area contributed by atoms with E-state index in [0.29, 0.717) is 0 Å². The van der Waals surface area contributed by atoms with Gasteiger partial charge in [-0.2, -0.15) is 17.6 Å². The smallest absolute Gasteiger partial charge is 0.300 e. The molecule has 0 radical (unpaired) electrons. The van der Waals surface area contributed by atoms with Crippen LogP contribution in [0.1, 0.15) is 13.3 Å². The van der Waals surface area contributed by atoms with Crippen molar-refractivity contribution in [1.29, 1.82) is 0 Å². The van der Waals surface area contributed by atoms with Crippen LogP contribution < -0.4 is 0 Å². The summed E-state index contributed by atoms with van der Waals surface area (Å²) in [5, 5.41) is 0. The molecule has 0 N–H and O–H groups in total. The highest BCUT2D eigenvalue weighted by atomic mass is 19.3. The summed E-state index contributed by atoms with van der Waals surface area (Å²) in [5.74, 6) is -13.4. The molecular weight excluding hydrogens is 211 g/mol. The first-order valence-electron chi connectivity index (χ1n) is 3.49. The van der Waals surface area contributed by atoms with E-state index in [1.165, 1.54) is 0 Å². The number of Topliss-reactive ketones (excluding diaryl/α,β-unsaturated/α-hetero) is 2. The van der Waals surface area contributed by atoms with Gasteiger partial charge in [0.2, 0.25) is 5.78 Å². The summed E-state index contributed by atoms with van der Waals surface area (Å²) in [7, 11) is 0. The van der Waals surface area contributed by atoms with E-state index in [1.807, 2.05) is 0 Å². The zero-order valence-corrected chi connectivity index (χ0v) is 7.12. The Balaban J connectivity index is 4.77. The molecule has 0 aromatic heterocycles. The van der Waals surface area contributed by atoms with Crippen molar-refractivity contribution < 1.29 is 31.5 Å². The molecular formula is C7H7F5O2. The second-order valence-electron chi connectivity index (χ2n) is 2.71. The van der Waals surface area contributed by atoms with Gasteiger partial charge in [0, 0.05) is 0 Å². The molecule has 0 unspecified atom stereocenters. The van der Waals surface area contributed by atoms with Crippen LogP contribution in [0.2, 0.25) is 0 Å². The summed E-state index contributed by atoms with van der Waals surface area (Å²) < 4.78 is 60.8. The largest absolute Gasteiger partial charge is 0.370 e. The van der Waals surface area contributed by atoms with Crippen LogP contribution in [0.15, 0.2) is 0 Å². The second-order valence-corrected chi connectivity index (χ2v) is 2.71. The first-order chi connectivity index (χ1) is 6.15. The highest BCUT2D eigenvalue weighted by Crippen LogP contribution is 2.36. The number of alkyl halides is 5. The van der Waals surface area contributed by atoms with Crippen LogP contribution in [-0.4, -0.2) is 30.1 Å². The van der Waals surface area contributed by atoms with E-state index >= 15 is 0 Å². The van der Waals surface area contributed by atoms with Gasteiger partial charge in [0.25, 0.3) is 0 Å². The number of halogens is 5. The van der Waals surface area contributed by atoms with Crippen molar-refractivity contribution in [2.75, 3.05) is 6.67 Å². The van der Waals surface area contributed by atoms with Crippen LogP contribution in [0.4, 0.5) is 22.0 Å². The van der Waals surface area contributed by atoms with Gasteiger partial charge in [-0.25, -0.2) is 4.39 Å². The Morgan fingerprint density at radius 1 is 1.14 bits per heavy atom. The predicted molar refractivity (Wildman–Crippen MR) is 36.2 cm³/mol. The molecule has 0 spiro atoms. The molecule has 7 heteroatoms. The number of carbonyl (C=O) groups excluding carboxylic acids is 2. The number of hydrogen-bond donors (Lipinski definition) is 0. The van der Waals surface area contributed by atoms with E-state index in [2.05, 4.69) is 0 Å². The standard InChI is InChI=1S/C7H7F5O2/c1-4(13)2-5(14)7(11,12)6(9,10)3-8/h2-3H2,1H3. The minimum absolute atomic E-state index is 0.793. The Bertz CT molecular complexity index is 248. The van der Waals surface area contributed by atoms with Crippen LogP contribution in [-0.2, 0) is 9.59 Å². The number of hydrogen-bond acceptors (Lipinski definition) is 2. The molecule has 0 bridgehead atoms. The van der Waals surface area contributed by atoms with E-state index in [1.54, 1.807) is 0 Å². The van der Waals surface area contributed by atoms with Crippen LogP contribution in [0, 0.1) is 0 Å². The molecule has 82 valence electrons. The maximum Gasteiger partial charge on any atom is 0.370 e. The summed E-state index contributed by atoms with van der Waals surface area (Å²) in [6, 6.07) is 0. The molecule has 0 heterocycles. The Hall–Kier alpha value is -1.01. The number of ketones is 2. The van der Waals surface area contributed by atoms with Crippen LogP contribution in [0.5, 0.6) is 0 Å². The van der Waals surface area contributed by atoms with E-state index in [0.717, 1.165) is 6.92 Å². The van der Waals surface area contributed by atoms with Crippen molar-refractivity contribution in [3.63, 3.8) is 0 Å². The van der Waals surface area contributed by atoms with Gasteiger partial charge in [-0.1, -0.05) is 0 Å². The number of carbonyl (C=O) groups is 2. The summed E-state index contributed by atoms with van der Waals surface area (Å²) in [6.45, 7) is -1.86. The minimum atomic E-state index is -5.13. The van der Waals surface area contributed by atoms with Gasteiger partial charge in [-0.15, -0.1) is 0 Å². The van der Waals surface area contributed by atoms with Crippen molar-refractivity contribution in [2.45, 2.75) is 25.2 Å². The fourth-order valence-corrected chi connectivity index (χ4v) is 0.625. The normalized spacial score (nSPS) is 12.7. The third-order valence-corrected chi connectivity index (χ3v) is 1.39. The summed E-state index contributed by atoms with van der Waals surface area (Å²) in [6.07, 6.45) is -1.33. The molecule has 0 aromatic rings. The predicted octanol–water partition coefficient (Wildman–Crippen LogP) is 1.77. The average Bonchev–Trinajstić information content (AvgIpc) is 2.02. The van der Waals surface area contributed by atoms with Gasteiger partial charge < -0.3 is 0 Å². The first kappa shape index (κ1) is 13.0. The van der Waals surface area contributed by atoms with Crippen molar-refractivity contribution >= 4 is 11.6 Å². The van der Waals surface area contributed by atoms with Gasteiger partial charge in [0.05, 0.1) is 6.42 Å². The van der Waals surface area contributed by atoms with Crippen molar-refractivity contribution in [3.05, 3.63) is 0 Å². The molecule has 0 rings (SSSR count). The Morgan fingerprint density at radius 3 is 1.86 bits per heavy atom. The molecule has 0 aromatic carbocycles. The summed E-state index contributed by atoms with van der Waals surface area (Å²) >= 11 is 0. The number of rotatable bonds is 5. The lowest BCUT2D eigenvalue weighted by atomic mass is 10.0. The minimum Gasteiger partial charge on any atom is -0.300 e. The fourth-order valence-electron chi connectivity index (χ4n) is 0.625. The summed E-state index contributed by atoms with van der Waals surface area (Å²) in [5.41, 5.74) is 0. The van der Waals surface area contributed by atoms with E-state index in [-0.39, 0.29) is 0 Å². The SMILES string of the molecule is CC(=O)CC(=O)C(F)(F)C(F)(F)CF. The lowest BCUT2D eigenvalue weighted by Crippen LogP contribution is -2.49. The lowest BCUT2D eigenvalue weighted by Gasteiger charge is -2.22. The van der Waals surface area contributed by atoms with Gasteiger partial charge >= 0.3 is 11.8 Å². The topological polar surface area (TPSA) is 34.1 Å². The lowest BCUT2D eigenvalue weighted by molar-refractivity contribution is -0.212. The molecule has 0 fully saturated rings. The van der Waals surface area contributed by atoms with E-state index in [9.17, 15) is 31.5 Å². The Labute approximate surface area is 76.1 Å². The molecule has 2 nitrogen and oxygen atoms in total. The van der Waals surface area contributed by atoms with E-state index < -0.39 is 36.5 Å². The molecule has 0 atom stereocenters. The molecule has 0 saturated carbocycles. The first-order valence-corrected chi connectivity index (χ1v) is 3.49. The zero-order valence-electron chi connectivity index (χ0n) is 7.12. The zero-order chi connectivity index (χ0) is 11.6. The van der Waals surface area contributed by atoms with Gasteiger partial charge in [0.15, 0.2) is 6.67 Å². The highest BCUT2D eigenvalue weighted by Gasteiger charge is 2.61. The van der Waals surface area contributed by atoms with E-state index in [4.69, 9.17) is 0 Å². The monoisotopic (exact) mass is 218 g/mol. The van der Waals surface area contributed by atoms with Crippen LogP contribution in [0.25, 0.3) is 0 Å². The third-order valence-electron chi connectivity index (χ3n) is 1.39. The fraction of sp³-hybridized carbons (Fsp3) is 0.714. The molecule has 0 aliphatic heterocycles. The van der Waals surface area contributed by atoms with Crippen molar-refractivity contribution in [3.8, 4) is 0 Å². The maximum absolute atomic E-state index is 12.5. The second kappa shape index (κ2) is 4.02. The Morgan fingerprint density at radius 2 is 1.57 bits per heavy atom. The molecule has 0 saturated heterocycles. The van der Waals surface area contributed by atoms with Crippen molar-refractivity contribution in [1.82, 2.24) is 0 Å². The molecule has 0 amide bonds. The Kier molecular flexibility index (Phi) is 3.73. The summed E-state index contributed by atoms with van der Waals surface area (Å²) in [4.78, 5) is 20.7. The molecule has 0 aliphatic rings. The highest BCUT2D eigenvalue weighted by molar-refractivity contribution is 6.01. The maximum atomic E-state index is 12.5. The van der Waals surface area contributed by atoms with Crippen LogP contribution in [0.3, 0.4) is 0 Å². The van der Waals surface area contributed by atoms with Crippen molar-refractivity contribution in [2.24, 2.45) is 0 Å². The quantitative estimate of drug-likeness (QED) is 0.520. The van der Waals surface area contributed by atoms with Gasteiger partial charge in [-0.3, -0.25) is 9.59 Å². The van der Waals surface area contributed by atoms with Gasteiger partial charge in [-0.05, 0) is 6.92 Å². The molecule has 14 heavy (non-hydrogen) atoms. The van der Waals surface area contributed by atoms with Gasteiger partial charge in [0.1, 0.15) is 5.78 Å². The average molecular weight is 218 g/mol. The third kappa shape index (κ3) is 2.49. The molecule has 0 aliphatic carbocycles. The van der Waals surface area contributed by atoms with Crippen LogP contribution >= 0.6 is 0 Å².